The number of anilines is 1. The van der Waals surface area contributed by atoms with E-state index in [0.29, 0.717) is 51.0 Å². The van der Waals surface area contributed by atoms with Crippen LogP contribution in [0.1, 0.15) is 71.1 Å². The minimum Gasteiger partial charge on any atom is -0.339 e. The monoisotopic (exact) mass is 606 g/mol. The van der Waals surface area contributed by atoms with E-state index in [1.165, 1.54) is 6.92 Å². The number of carbonyl (C=O) groups is 2. The quantitative estimate of drug-likeness (QED) is 0.293. The maximum absolute atomic E-state index is 14.1. The highest BCUT2D eigenvalue weighted by molar-refractivity contribution is 9.10. The molecule has 5 rings (SSSR count). The van der Waals surface area contributed by atoms with Crippen molar-refractivity contribution in [2.24, 2.45) is 0 Å². The van der Waals surface area contributed by atoms with Gasteiger partial charge in [-0.25, -0.2) is 9.55 Å². The molecule has 2 aromatic carbocycles. The molecule has 2 aliphatic heterocycles. The summed E-state index contributed by atoms with van der Waals surface area (Å²) in [4.78, 5) is 48.5. The van der Waals surface area contributed by atoms with Gasteiger partial charge in [-0.1, -0.05) is 17.5 Å². The Hall–Kier alpha value is -3.41. The molecular weight excluding hydrogens is 580 g/mol. The van der Waals surface area contributed by atoms with Gasteiger partial charge in [0.15, 0.2) is 5.78 Å². The van der Waals surface area contributed by atoms with Crippen LogP contribution in [0.2, 0.25) is 5.02 Å². The van der Waals surface area contributed by atoms with Gasteiger partial charge in [0.1, 0.15) is 0 Å². The normalized spacial score (nSPS) is 18.6. The number of terminal acetylenes is 1. The Morgan fingerprint density at radius 3 is 2.51 bits per heavy atom. The zero-order valence-corrected chi connectivity index (χ0v) is 24.3. The third-order valence-corrected chi connectivity index (χ3v) is 8.63. The molecule has 7 nitrogen and oxygen atoms in total. The molecular formula is C30H28BrClN4O3. The summed E-state index contributed by atoms with van der Waals surface area (Å²) in [5.74, 6) is 2.83. The number of hydrogen-bond acceptors (Lipinski definition) is 5. The molecule has 0 aliphatic carbocycles. The molecule has 1 fully saturated rings. The second kappa shape index (κ2) is 10.6. The zero-order chi connectivity index (χ0) is 28.0. The topological polar surface area (TPSA) is 75.5 Å². The van der Waals surface area contributed by atoms with Crippen LogP contribution in [0.3, 0.4) is 0 Å². The van der Waals surface area contributed by atoms with Crippen molar-refractivity contribution >= 4 is 45.2 Å². The van der Waals surface area contributed by atoms with Crippen molar-refractivity contribution in [1.82, 2.24) is 14.5 Å². The van der Waals surface area contributed by atoms with Crippen LogP contribution >= 0.6 is 27.5 Å². The second-order valence-corrected chi connectivity index (χ2v) is 11.5. The fourth-order valence-corrected chi connectivity index (χ4v) is 6.03. The number of amides is 1. The minimum atomic E-state index is -0.238. The lowest BCUT2D eigenvalue weighted by Crippen LogP contribution is -2.46. The molecule has 0 spiro atoms. The van der Waals surface area contributed by atoms with Crippen molar-refractivity contribution in [2.75, 3.05) is 11.4 Å². The summed E-state index contributed by atoms with van der Waals surface area (Å²) >= 11 is 10.1. The van der Waals surface area contributed by atoms with Crippen LogP contribution in [-0.4, -0.2) is 44.8 Å². The minimum absolute atomic E-state index is 0.105. The van der Waals surface area contributed by atoms with Crippen LogP contribution in [0.4, 0.5) is 5.95 Å². The molecule has 2 aliphatic rings. The number of benzene rings is 2. The van der Waals surface area contributed by atoms with Gasteiger partial charge in [-0.05, 0) is 92.4 Å². The largest absolute Gasteiger partial charge is 0.339 e. The Labute approximate surface area is 240 Å². The molecule has 0 bridgehead atoms. The van der Waals surface area contributed by atoms with Gasteiger partial charge < -0.3 is 9.80 Å². The van der Waals surface area contributed by atoms with Crippen LogP contribution in [0.5, 0.6) is 0 Å². The number of hydrogen-bond donors (Lipinski definition) is 0. The van der Waals surface area contributed by atoms with E-state index in [-0.39, 0.29) is 35.9 Å². The molecule has 39 heavy (non-hydrogen) atoms. The van der Waals surface area contributed by atoms with E-state index in [0.717, 1.165) is 23.9 Å². The lowest BCUT2D eigenvalue weighted by atomic mass is 9.98. The molecule has 0 saturated carbocycles. The Morgan fingerprint density at radius 1 is 1.13 bits per heavy atom. The highest BCUT2D eigenvalue weighted by atomic mass is 79.9. The number of Topliss-reactive ketones (excluding diaryl/α,β-unsaturated/α-hetero) is 1. The predicted octanol–water partition coefficient (Wildman–Crippen LogP) is 5.41. The Kier molecular flexibility index (Phi) is 7.41. The Bertz CT molecular complexity index is 1610. The van der Waals surface area contributed by atoms with Crippen molar-refractivity contribution in [3.05, 3.63) is 84.2 Å². The lowest BCUT2D eigenvalue weighted by Gasteiger charge is -2.36. The predicted molar refractivity (Wildman–Crippen MR) is 156 cm³/mol. The average Bonchev–Trinajstić information content (AvgIpc) is 3.34. The molecule has 1 aromatic heterocycles. The van der Waals surface area contributed by atoms with Gasteiger partial charge in [0.25, 0.3) is 11.5 Å². The van der Waals surface area contributed by atoms with Crippen LogP contribution in [0, 0.1) is 12.3 Å². The highest BCUT2D eigenvalue weighted by Gasteiger charge is 2.34. The first kappa shape index (κ1) is 27.2. The molecule has 1 saturated heterocycles. The van der Waals surface area contributed by atoms with E-state index in [9.17, 15) is 14.4 Å². The smallest absolute Gasteiger partial charge is 0.263 e. The summed E-state index contributed by atoms with van der Waals surface area (Å²) < 4.78 is 2.32. The molecule has 3 aromatic rings. The highest BCUT2D eigenvalue weighted by Crippen LogP contribution is 2.32. The van der Waals surface area contributed by atoms with E-state index in [1.54, 1.807) is 45.9 Å². The maximum atomic E-state index is 14.1. The molecule has 0 N–H and O–H groups in total. The second-order valence-electron chi connectivity index (χ2n) is 10.2. The number of ketones is 1. The molecule has 3 heterocycles. The number of fused-ring (bicyclic) bond motifs is 1. The van der Waals surface area contributed by atoms with Crippen molar-refractivity contribution in [1.29, 1.82) is 0 Å². The third-order valence-electron chi connectivity index (χ3n) is 7.63. The first-order valence-corrected chi connectivity index (χ1v) is 14.1. The number of carbonyl (C=O) groups excluding carboxylic acids is 2. The van der Waals surface area contributed by atoms with Gasteiger partial charge in [-0.3, -0.25) is 14.4 Å². The van der Waals surface area contributed by atoms with Gasteiger partial charge in [-0.15, -0.1) is 6.42 Å². The number of halogens is 2. The summed E-state index contributed by atoms with van der Waals surface area (Å²) in [6.45, 7) is 6.47. The fourth-order valence-electron chi connectivity index (χ4n) is 5.40. The summed E-state index contributed by atoms with van der Waals surface area (Å²) in [6.07, 6.45) is 7.92. The van der Waals surface area contributed by atoms with E-state index in [2.05, 4.69) is 33.7 Å². The van der Waals surface area contributed by atoms with Gasteiger partial charge in [0, 0.05) is 45.4 Å². The van der Waals surface area contributed by atoms with Gasteiger partial charge in [0.2, 0.25) is 5.95 Å². The summed E-state index contributed by atoms with van der Waals surface area (Å²) in [5.41, 5.74) is 2.99. The molecule has 2 atom stereocenters. The first-order chi connectivity index (χ1) is 18.6. The van der Waals surface area contributed by atoms with E-state index in [4.69, 9.17) is 23.0 Å². The zero-order valence-electron chi connectivity index (χ0n) is 22.0. The number of aromatic nitrogens is 2. The Balaban J connectivity index is 1.62. The van der Waals surface area contributed by atoms with E-state index < -0.39 is 0 Å². The molecule has 2 unspecified atom stereocenters. The average molecular weight is 608 g/mol. The molecule has 0 radical (unpaired) electrons. The standard InChI is InChI=1S/C30H28BrClN4O3/c1-5-20-14-22(8-10-24(20)31)28(38)35-16-26-23(13-18(35)3)29(39)36(30(33-26)34-12-6-7-17(34)2)27-11-9-21(19(4)37)15-25(27)32/h1,8-11,14-15,17-18H,6-7,12-13,16H2,2-4H3. The summed E-state index contributed by atoms with van der Waals surface area (Å²) in [5, 5.41) is 0.305. The third kappa shape index (κ3) is 4.90. The van der Waals surface area contributed by atoms with Crippen molar-refractivity contribution in [2.45, 2.75) is 58.7 Å². The van der Waals surface area contributed by atoms with Crippen LogP contribution in [0.25, 0.3) is 5.69 Å². The summed E-state index contributed by atoms with van der Waals surface area (Å²) in [6, 6.07) is 10.1. The van der Waals surface area contributed by atoms with Crippen molar-refractivity contribution in [3.8, 4) is 18.0 Å². The van der Waals surface area contributed by atoms with Gasteiger partial charge in [0.05, 0.1) is 22.9 Å². The molecule has 9 heteroatoms. The van der Waals surface area contributed by atoms with Gasteiger partial charge >= 0.3 is 0 Å². The fraction of sp³-hybridized carbons (Fsp3) is 0.333. The van der Waals surface area contributed by atoms with E-state index in [1.807, 2.05) is 6.92 Å². The van der Waals surface area contributed by atoms with E-state index >= 15 is 0 Å². The summed E-state index contributed by atoms with van der Waals surface area (Å²) in [7, 11) is 0. The maximum Gasteiger partial charge on any atom is 0.263 e. The molecule has 200 valence electrons. The number of rotatable bonds is 4. The first-order valence-electron chi connectivity index (χ1n) is 12.9. The SMILES string of the molecule is C#Cc1cc(C(=O)N2Cc3nc(N4CCCC4C)n(-c4ccc(C(C)=O)cc4Cl)c(=O)c3CC2C)ccc1Br. The van der Waals surface area contributed by atoms with Crippen molar-refractivity contribution in [3.63, 3.8) is 0 Å². The van der Waals surface area contributed by atoms with Gasteiger partial charge in [-0.2, -0.15) is 0 Å². The van der Waals surface area contributed by atoms with Crippen molar-refractivity contribution < 1.29 is 9.59 Å². The van der Waals surface area contributed by atoms with Crippen LogP contribution < -0.4 is 10.5 Å². The van der Waals surface area contributed by atoms with Crippen LogP contribution in [-0.2, 0) is 13.0 Å². The Morgan fingerprint density at radius 2 is 1.87 bits per heavy atom. The van der Waals surface area contributed by atoms with Crippen LogP contribution in [0.15, 0.2) is 45.7 Å². The molecule has 1 amide bonds. The lowest BCUT2D eigenvalue weighted by molar-refractivity contribution is 0.0653. The number of nitrogens with zero attached hydrogens (tertiary/aromatic N) is 4.